The molecule has 22 heavy (non-hydrogen) atoms. The van der Waals surface area contributed by atoms with Gasteiger partial charge in [0.1, 0.15) is 0 Å². The minimum Gasteiger partial charge on any atom is -0.302 e. The van der Waals surface area contributed by atoms with Crippen molar-refractivity contribution in [2.75, 3.05) is 0 Å². The van der Waals surface area contributed by atoms with Crippen molar-refractivity contribution in [3.05, 3.63) is 71.8 Å². The Morgan fingerprint density at radius 3 is 2.23 bits per heavy atom. The Morgan fingerprint density at radius 1 is 0.909 bits per heavy atom. The Kier molecular flexibility index (Phi) is 3.54. The van der Waals surface area contributed by atoms with Gasteiger partial charge >= 0.3 is 0 Å². The molecule has 1 aliphatic carbocycles. The number of piperidine rings is 1. The maximum atomic E-state index is 4.03. The molecule has 2 aromatic rings. The SMILES string of the molecule is C[C@@]12CCC[C@@H](C1)[C@H](c1ccccc1)N[C@@H]2c1ccccc1. The summed E-state index contributed by atoms with van der Waals surface area (Å²) in [4.78, 5) is 0. The smallest absolute Gasteiger partial charge is 0.0379 e. The molecule has 1 aliphatic heterocycles. The van der Waals surface area contributed by atoms with Crippen molar-refractivity contribution < 1.29 is 0 Å². The fraction of sp³-hybridized carbons (Fsp3) is 0.429. The molecule has 2 aromatic carbocycles. The zero-order valence-electron chi connectivity index (χ0n) is 13.3. The lowest BCUT2D eigenvalue weighted by Gasteiger charge is -2.53. The standard InChI is InChI=1S/C21H25N/c1-21-14-8-13-18(15-21)19(16-9-4-2-5-10-16)22-20(21)17-11-6-3-7-12-17/h2-7,9-12,18-20,22H,8,13-15H2,1H3/t18-,19-,20+,21+/m0/s1. The average Bonchev–Trinajstić information content (AvgIpc) is 2.56. The van der Waals surface area contributed by atoms with Crippen molar-refractivity contribution in [3.8, 4) is 0 Å². The van der Waals surface area contributed by atoms with Crippen molar-refractivity contribution in [3.63, 3.8) is 0 Å². The second-order valence-corrected chi connectivity index (χ2v) is 7.41. The van der Waals surface area contributed by atoms with Crippen molar-refractivity contribution in [2.24, 2.45) is 11.3 Å². The third-order valence-electron chi connectivity index (χ3n) is 5.86. The monoisotopic (exact) mass is 291 g/mol. The number of hydrogen-bond acceptors (Lipinski definition) is 1. The molecule has 0 unspecified atom stereocenters. The van der Waals surface area contributed by atoms with Gasteiger partial charge in [-0.15, -0.1) is 0 Å². The Labute approximate surface area is 133 Å². The average molecular weight is 291 g/mol. The van der Waals surface area contributed by atoms with Gasteiger partial charge < -0.3 is 5.32 Å². The number of hydrogen-bond donors (Lipinski definition) is 1. The van der Waals surface area contributed by atoms with E-state index in [1.807, 2.05) is 0 Å². The van der Waals surface area contributed by atoms with Gasteiger partial charge in [-0.1, -0.05) is 74.0 Å². The minimum absolute atomic E-state index is 0.398. The van der Waals surface area contributed by atoms with Crippen LogP contribution in [0.3, 0.4) is 0 Å². The lowest BCUT2D eigenvalue weighted by Crippen LogP contribution is -2.49. The summed E-state index contributed by atoms with van der Waals surface area (Å²) in [7, 11) is 0. The Bertz CT molecular complexity index is 621. The Morgan fingerprint density at radius 2 is 1.55 bits per heavy atom. The van der Waals surface area contributed by atoms with Crippen LogP contribution in [0.2, 0.25) is 0 Å². The molecular weight excluding hydrogens is 266 g/mol. The molecule has 1 saturated carbocycles. The summed E-state index contributed by atoms with van der Waals surface area (Å²) in [6.45, 7) is 2.49. The van der Waals surface area contributed by atoms with Crippen molar-refractivity contribution >= 4 is 0 Å². The molecule has 0 spiro atoms. The highest BCUT2D eigenvalue weighted by Crippen LogP contribution is 2.55. The zero-order valence-corrected chi connectivity index (χ0v) is 13.3. The van der Waals surface area contributed by atoms with Crippen LogP contribution in [0.1, 0.15) is 55.8 Å². The predicted octanol–water partition coefficient (Wildman–Crippen LogP) is 5.27. The molecule has 114 valence electrons. The first-order valence-electron chi connectivity index (χ1n) is 8.62. The molecular formula is C21H25N. The fourth-order valence-corrected chi connectivity index (χ4v) is 4.81. The molecule has 0 amide bonds. The van der Waals surface area contributed by atoms with Crippen LogP contribution in [0, 0.1) is 11.3 Å². The van der Waals surface area contributed by atoms with Gasteiger partial charge in [-0.3, -0.25) is 0 Å². The van der Waals surface area contributed by atoms with Crippen molar-refractivity contribution in [1.82, 2.24) is 5.32 Å². The fourth-order valence-electron chi connectivity index (χ4n) is 4.81. The van der Waals surface area contributed by atoms with Crippen LogP contribution in [0.15, 0.2) is 60.7 Å². The maximum Gasteiger partial charge on any atom is 0.0379 e. The van der Waals surface area contributed by atoms with E-state index in [4.69, 9.17) is 0 Å². The second kappa shape index (κ2) is 5.55. The van der Waals surface area contributed by atoms with E-state index >= 15 is 0 Å². The number of nitrogens with one attached hydrogen (secondary N) is 1. The molecule has 4 rings (SSSR count). The van der Waals surface area contributed by atoms with Crippen molar-refractivity contribution in [2.45, 2.75) is 44.7 Å². The first-order chi connectivity index (χ1) is 10.8. The van der Waals surface area contributed by atoms with E-state index in [1.165, 1.54) is 36.8 Å². The summed E-state index contributed by atoms with van der Waals surface area (Å²) in [6, 6.07) is 23.1. The van der Waals surface area contributed by atoms with Gasteiger partial charge in [0.25, 0.3) is 0 Å². The lowest BCUT2D eigenvalue weighted by atomic mass is 9.60. The van der Waals surface area contributed by atoms with Gasteiger partial charge in [0.15, 0.2) is 0 Å². The summed E-state index contributed by atoms with van der Waals surface area (Å²) < 4.78 is 0. The van der Waals surface area contributed by atoms with Gasteiger partial charge in [-0.25, -0.2) is 0 Å². The quantitative estimate of drug-likeness (QED) is 0.795. The lowest BCUT2D eigenvalue weighted by molar-refractivity contribution is 0.0267. The highest BCUT2D eigenvalue weighted by Gasteiger charge is 2.47. The molecule has 1 heterocycles. The predicted molar refractivity (Wildman–Crippen MR) is 91.6 cm³/mol. The van der Waals surface area contributed by atoms with E-state index in [9.17, 15) is 0 Å². The molecule has 1 nitrogen and oxygen atoms in total. The van der Waals surface area contributed by atoms with E-state index in [2.05, 4.69) is 72.9 Å². The van der Waals surface area contributed by atoms with Crippen LogP contribution < -0.4 is 5.32 Å². The number of benzene rings is 2. The molecule has 1 N–H and O–H groups in total. The van der Waals surface area contributed by atoms with Crippen molar-refractivity contribution in [1.29, 1.82) is 0 Å². The van der Waals surface area contributed by atoms with Crippen LogP contribution in [-0.4, -0.2) is 0 Å². The molecule has 1 heteroatoms. The first kappa shape index (κ1) is 14.0. The van der Waals surface area contributed by atoms with Crippen LogP contribution >= 0.6 is 0 Å². The van der Waals surface area contributed by atoms with E-state index in [1.54, 1.807) is 0 Å². The molecule has 0 aromatic heterocycles. The Hall–Kier alpha value is -1.60. The van der Waals surface area contributed by atoms with E-state index in [0.717, 1.165) is 5.92 Å². The normalized spacial score (nSPS) is 34.3. The highest BCUT2D eigenvalue weighted by atomic mass is 15.0. The minimum atomic E-state index is 0.398. The van der Waals surface area contributed by atoms with Gasteiger partial charge in [-0.2, -0.15) is 0 Å². The van der Waals surface area contributed by atoms with E-state index < -0.39 is 0 Å². The topological polar surface area (TPSA) is 12.0 Å². The molecule has 4 atom stereocenters. The van der Waals surface area contributed by atoms with Crippen LogP contribution in [0.4, 0.5) is 0 Å². The van der Waals surface area contributed by atoms with E-state index in [0.29, 0.717) is 17.5 Å². The zero-order chi connectivity index (χ0) is 15.0. The number of fused-ring (bicyclic) bond motifs is 2. The summed E-state index contributed by atoms with van der Waals surface area (Å²) >= 11 is 0. The third kappa shape index (κ3) is 2.38. The molecule has 2 bridgehead atoms. The van der Waals surface area contributed by atoms with Crippen LogP contribution in [0.5, 0.6) is 0 Å². The molecule has 1 saturated heterocycles. The van der Waals surface area contributed by atoms with Gasteiger partial charge in [0.2, 0.25) is 0 Å². The summed E-state index contributed by atoms with van der Waals surface area (Å²) in [5, 5.41) is 4.03. The summed E-state index contributed by atoms with van der Waals surface area (Å²) in [5.41, 5.74) is 3.30. The second-order valence-electron chi connectivity index (χ2n) is 7.41. The van der Waals surface area contributed by atoms with Crippen LogP contribution in [-0.2, 0) is 0 Å². The summed E-state index contributed by atoms with van der Waals surface area (Å²) in [5.74, 6) is 0.779. The van der Waals surface area contributed by atoms with E-state index in [-0.39, 0.29) is 0 Å². The molecule has 0 radical (unpaired) electrons. The van der Waals surface area contributed by atoms with Gasteiger partial charge in [0, 0.05) is 12.1 Å². The third-order valence-corrected chi connectivity index (χ3v) is 5.86. The molecule has 2 fully saturated rings. The Balaban J connectivity index is 1.71. The van der Waals surface area contributed by atoms with Gasteiger partial charge in [-0.05, 0) is 41.7 Å². The highest BCUT2D eigenvalue weighted by molar-refractivity contribution is 5.27. The number of rotatable bonds is 2. The summed E-state index contributed by atoms with van der Waals surface area (Å²) in [6.07, 6.45) is 5.43. The largest absolute Gasteiger partial charge is 0.302 e. The van der Waals surface area contributed by atoms with Crippen LogP contribution in [0.25, 0.3) is 0 Å². The first-order valence-corrected chi connectivity index (χ1v) is 8.62. The maximum absolute atomic E-state index is 4.03. The molecule has 2 aliphatic rings. The van der Waals surface area contributed by atoms with Gasteiger partial charge in [0.05, 0.1) is 0 Å².